The molecule has 0 aliphatic carbocycles. The molecule has 0 unspecified atom stereocenters. The van der Waals surface area contributed by atoms with Crippen molar-refractivity contribution in [3.63, 3.8) is 0 Å². The van der Waals surface area contributed by atoms with E-state index in [1.165, 1.54) is 7.11 Å². The first kappa shape index (κ1) is 23.0. The number of halogens is 1. The van der Waals surface area contributed by atoms with Crippen LogP contribution in [0.5, 0.6) is 5.75 Å². The number of aliphatic imine (C=N–C) groups is 1. The third-order valence-electron chi connectivity index (χ3n) is 5.30. The highest BCUT2D eigenvalue weighted by atomic mass is 19.1. The summed E-state index contributed by atoms with van der Waals surface area (Å²) < 4.78 is 24.2. The van der Waals surface area contributed by atoms with Gasteiger partial charge in [0.2, 0.25) is 5.89 Å². The van der Waals surface area contributed by atoms with Crippen LogP contribution in [0, 0.1) is 5.82 Å². The first-order valence-electron chi connectivity index (χ1n) is 10.6. The van der Waals surface area contributed by atoms with Crippen LogP contribution < -0.4 is 15.4 Å². The lowest BCUT2D eigenvalue weighted by Crippen LogP contribution is -2.48. The number of rotatable bonds is 6. The summed E-state index contributed by atoms with van der Waals surface area (Å²) in [6, 6.07) is 5.48. The van der Waals surface area contributed by atoms with Gasteiger partial charge in [-0.3, -0.25) is 9.89 Å². The molecule has 1 fully saturated rings. The van der Waals surface area contributed by atoms with E-state index in [4.69, 9.17) is 9.26 Å². The summed E-state index contributed by atoms with van der Waals surface area (Å²) in [4.78, 5) is 11.1. The molecule has 3 rings (SSSR count). The molecular weight excluding hydrogens is 399 g/mol. The predicted octanol–water partition coefficient (Wildman–Crippen LogP) is 2.84. The van der Waals surface area contributed by atoms with Gasteiger partial charge in [0.15, 0.2) is 23.4 Å². The normalized spacial score (nSPS) is 16.4. The second-order valence-electron chi connectivity index (χ2n) is 8.86. The highest BCUT2D eigenvalue weighted by molar-refractivity contribution is 5.79. The van der Waals surface area contributed by atoms with Crippen LogP contribution in [0.15, 0.2) is 27.7 Å². The molecule has 2 aromatic rings. The average Bonchev–Trinajstić information content (AvgIpc) is 3.22. The van der Waals surface area contributed by atoms with Crippen LogP contribution in [0.1, 0.15) is 50.9 Å². The van der Waals surface area contributed by atoms with E-state index < -0.39 is 0 Å². The monoisotopic (exact) mass is 432 g/mol. The van der Waals surface area contributed by atoms with Crippen molar-refractivity contribution < 1.29 is 13.7 Å². The molecule has 1 aliphatic rings. The maximum Gasteiger partial charge on any atom is 0.232 e. The Morgan fingerprint density at radius 2 is 2.06 bits per heavy atom. The van der Waals surface area contributed by atoms with Gasteiger partial charge in [0.05, 0.1) is 13.7 Å². The molecule has 0 atom stereocenters. The Labute approximate surface area is 183 Å². The van der Waals surface area contributed by atoms with Gasteiger partial charge in [0.25, 0.3) is 0 Å². The second-order valence-corrected chi connectivity index (χ2v) is 8.86. The minimum Gasteiger partial charge on any atom is -0.494 e. The lowest BCUT2D eigenvalue weighted by Gasteiger charge is -2.33. The van der Waals surface area contributed by atoms with Crippen molar-refractivity contribution in [1.29, 1.82) is 0 Å². The number of hydrogen-bond acceptors (Lipinski definition) is 6. The van der Waals surface area contributed by atoms with Crippen molar-refractivity contribution in [2.24, 2.45) is 4.99 Å². The molecule has 1 saturated heterocycles. The van der Waals surface area contributed by atoms with E-state index in [-0.39, 0.29) is 17.0 Å². The van der Waals surface area contributed by atoms with Gasteiger partial charge in [-0.1, -0.05) is 32.0 Å². The lowest BCUT2D eigenvalue weighted by molar-refractivity contribution is 0.198. The molecule has 1 aromatic carbocycles. The number of nitrogens with one attached hydrogen (secondary N) is 2. The van der Waals surface area contributed by atoms with Gasteiger partial charge in [0, 0.05) is 38.1 Å². The summed E-state index contributed by atoms with van der Waals surface area (Å²) in [5.41, 5.74) is 0.786. The van der Waals surface area contributed by atoms with Crippen LogP contribution in [0.3, 0.4) is 0 Å². The number of guanidine groups is 1. The van der Waals surface area contributed by atoms with Crippen molar-refractivity contribution in [2.45, 2.75) is 58.2 Å². The zero-order valence-electron chi connectivity index (χ0n) is 19.0. The first-order chi connectivity index (χ1) is 14.8. The molecule has 1 aromatic heterocycles. The maximum absolute atomic E-state index is 13.9. The van der Waals surface area contributed by atoms with E-state index in [9.17, 15) is 4.39 Å². The van der Waals surface area contributed by atoms with Crippen LogP contribution in [0.25, 0.3) is 0 Å². The van der Waals surface area contributed by atoms with Crippen LogP contribution in [0.2, 0.25) is 0 Å². The number of aromatic nitrogens is 2. The molecule has 0 saturated carbocycles. The standard InChI is InChI=1S/C22H33FN6O2/c1-22(2,3)20-27-19(28-31-20)13-25-21(24-4)26-16-8-10-29(11-9-16)14-15-6-7-18(30-5)17(23)12-15/h6-7,12,16H,8-11,13-14H2,1-5H3,(H2,24,25,26). The fraction of sp³-hybridized carbons (Fsp3) is 0.591. The number of nitrogens with zero attached hydrogens (tertiary/aromatic N) is 4. The van der Waals surface area contributed by atoms with E-state index >= 15 is 0 Å². The minimum absolute atomic E-state index is 0.170. The highest BCUT2D eigenvalue weighted by Gasteiger charge is 2.23. The lowest BCUT2D eigenvalue weighted by atomic mass is 9.97. The van der Waals surface area contributed by atoms with E-state index in [2.05, 4.69) is 30.7 Å². The smallest absolute Gasteiger partial charge is 0.232 e. The Kier molecular flexibility index (Phi) is 7.48. The minimum atomic E-state index is -0.317. The fourth-order valence-corrected chi connectivity index (χ4v) is 3.48. The van der Waals surface area contributed by atoms with E-state index in [0.717, 1.165) is 44.0 Å². The SMILES string of the molecule is CN=C(NCc1noc(C(C)(C)C)n1)NC1CCN(Cc2ccc(OC)c(F)c2)CC1. The summed E-state index contributed by atoms with van der Waals surface area (Å²) >= 11 is 0. The zero-order chi connectivity index (χ0) is 22.4. The number of ether oxygens (including phenoxy) is 1. The van der Waals surface area contributed by atoms with Crippen molar-refractivity contribution in [1.82, 2.24) is 25.7 Å². The van der Waals surface area contributed by atoms with Crippen molar-refractivity contribution in [3.8, 4) is 5.75 Å². The zero-order valence-corrected chi connectivity index (χ0v) is 19.0. The Morgan fingerprint density at radius 1 is 1.32 bits per heavy atom. The molecule has 0 bridgehead atoms. The molecule has 170 valence electrons. The third-order valence-corrected chi connectivity index (χ3v) is 5.30. The molecule has 31 heavy (non-hydrogen) atoms. The summed E-state index contributed by atoms with van der Waals surface area (Å²) in [6.45, 7) is 9.15. The number of piperidine rings is 1. The van der Waals surface area contributed by atoms with Crippen LogP contribution in [-0.2, 0) is 18.5 Å². The van der Waals surface area contributed by atoms with Crippen LogP contribution >= 0.6 is 0 Å². The van der Waals surface area contributed by atoms with Gasteiger partial charge in [-0.15, -0.1) is 0 Å². The highest BCUT2D eigenvalue weighted by Crippen LogP contribution is 2.21. The third kappa shape index (κ3) is 6.40. The average molecular weight is 433 g/mol. The molecule has 2 heterocycles. The van der Waals surface area contributed by atoms with E-state index in [0.29, 0.717) is 24.3 Å². The van der Waals surface area contributed by atoms with Gasteiger partial charge in [-0.05, 0) is 30.5 Å². The Balaban J connectivity index is 1.44. The molecule has 9 heteroatoms. The predicted molar refractivity (Wildman–Crippen MR) is 118 cm³/mol. The molecule has 1 aliphatic heterocycles. The quantitative estimate of drug-likeness (QED) is 0.536. The molecule has 0 radical (unpaired) electrons. The second kappa shape index (κ2) is 10.1. The summed E-state index contributed by atoms with van der Waals surface area (Å²) in [5, 5.41) is 10.8. The van der Waals surface area contributed by atoms with Gasteiger partial charge in [-0.2, -0.15) is 4.98 Å². The fourth-order valence-electron chi connectivity index (χ4n) is 3.48. The van der Waals surface area contributed by atoms with Crippen molar-refractivity contribution in [2.75, 3.05) is 27.2 Å². The van der Waals surface area contributed by atoms with Crippen LogP contribution in [-0.4, -0.2) is 54.3 Å². The Hall–Kier alpha value is -2.68. The molecular formula is C22H33FN6O2. The van der Waals surface area contributed by atoms with E-state index in [1.54, 1.807) is 19.2 Å². The Bertz CT molecular complexity index is 884. The molecule has 0 amide bonds. The number of hydrogen-bond donors (Lipinski definition) is 2. The molecule has 0 spiro atoms. The topological polar surface area (TPSA) is 87.8 Å². The summed E-state index contributed by atoms with van der Waals surface area (Å²) in [5.74, 6) is 1.91. The maximum atomic E-state index is 13.9. The first-order valence-corrected chi connectivity index (χ1v) is 10.6. The summed E-state index contributed by atoms with van der Waals surface area (Å²) in [7, 11) is 3.23. The van der Waals surface area contributed by atoms with Crippen molar-refractivity contribution in [3.05, 3.63) is 41.3 Å². The van der Waals surface area contributed by atoms with E-state index in [1.807, 2.05) is 26.8 Å². The largest absolute Gasteiger partial charge is 0.494 e. The van der Waals surface area contributed by atoms with Crippen molar-refractivity contribution >= 4 is 5.96 Å². The molecule has 8 nitrogen and oxygen atoms in total. The van der Waals surface area contributed by atoms with Gasteiger partial charge in [-0.25, -0.2) is 4.39 Å². The van der Waals surface area contributed by atoms with Gasteiger partial charge < -0.3 is 19.9 Å². The number of likely N-dealkylation sites (tertiary alicyclic amines) is 1. The number of methoxy groups -OCH3 is 1. The molecule has 2 N–H and O–H groups in total. The van der Waals surface area contributed by atoms with Crippen LogP contribution in [0.4, 0.5) is 4.39 Å². The number of benzene rings is 1. The van der Waals surface area contributed by atoms with Gasteiger partial charge >= 0.3 is 0 Å². The Morgan fingerprint density at radius 3 is 2.65 bits per heavy atom. The van der Waals surface area contributed by atoms with Gasteiger partial charge in [0.1, 0.15) is 0 Å². The summed E-state index contributed by atoms with van der Waals surface area (Å²) in [6.07, 6.45) is 1.96.